The maximum Gasteiger partial charge on any atom is 0.414 e. The first-order valence-electron chi connectivity index (χ1n) is 9.65. The van der Waals surface area contributed by atoms with Gasteiger partial charge < -0.3 is 24.3 Å². The van der Waals surface area contributed by atoms with Crippen molar-refractivity contribution in [3.05, 3.63) is 69.4 Å². The third-order valence-corrected chi connectivity index (χ3v) is 5.18. The molecule has 1 atom stereocenters. The van der Waals surface area contributed by atoms with E-state index in [0.717, 1.165) is 16.9 Å². The number of nitrogens with zero attached hydrogens (tertiary/aromatic N) is 3. The lowest BCUT2D eigenvalue weighted by Gasteiger charge is -2.22. The number of hydrogen-bond acceptors (Lipinski definition) is 6. The Hall–Kier alpha value is -3.39. The lowest BCUT2D eigenvalue weighted by atomic mass is 9.95. The van der Waals surface area contributed by atoms with Gasteiger partial charge in [-0.2, -0.15) is 0 Å². The molecule has 2 heterocycles. The molecule has 0 saturated carbocycles. The van der Waals surface area contributed by atoms with E-state index in [-0.39, 0.29) is 17.9 Å². The quantitative estimate of drug-likeness (QED) is 0.451. The van der Waals surface area contributed by atoms with Crippen molar-refractivity contribution in [2.45, 2.75) is 33.1 Å². The van der Waals surface area contributed by atoms with Gasteiger partial charge in [0.2, 0.25) is 0 Å². The van der Waals surface area contributed by atoms with Gasteiger partial charge in [0.05, 0.1) is 20.3 Å². The van der Waals surface area contributed by atoms with Crippen LogP contribution >= 0.6 is 0 Å². The number of fused-ring (bicyclic) bond motifs is 1. The molecule has 8 nitrogen and oxygen atoms in total. The highest BCUT2D eigenvalue weighted by Crippen LogP contribution is 2.31. The zero-order chi connectivity index (χ0) is 21.3. The maximum absolute atomic E-state index is 10.9. The first-order chi connectivity index (χ1) is 14.4. The molecule has 4 rings (SSSR count). The number of imidazole rings is 1. The van der Waals surface area contributed by atoms with E-state index in [1.165, 1.54) is 22.9 Å². The fourth-order valence-electron chi connectivity index (χ4n) is 3.74. The third-order valence-electron chi connectivity index (χ3n) is 5.18. The number of aryl methyl sites for hydroxylation is 2. The van der Waals surface area contributed by atoms with Crippen LogP contribution in [-0.2, 0) is 17.9 Å². The number of methoxy groups -OCH3 is 1. The van der Waals surface area contributed by atoms with E-state index in [9.17, 15) is 10.1 Å². The molecule has 2 aromatic carbocycles. The smallest absolute Gasteiger partial charge is 0.414 e. The first-order valence-corrected chi connectivity index (χ1v) is 9.65. The number of hydrogen-bond donors (Lipinski definition) is 0. The summed E-state index contributed by atoms with van der Waals surface area (Å²) in [6.45, 7) is 5.38. The van der Waals surface area contributed by atoms with Crippen LogP contribution < -0.4 is 9.47 Å². The monoisotopic (exact) mass is 409 g/mol. The third kappa shape index (κ3) is 3.99. The van der Waals surface area contributed by atoms with Crippen molar-refractivity contribution < 1.29 is 19.1 Å². The van der Waals surface area contributed by atoms with Gasteiger partial charge in [-0.05, 0) is 58.7 Å². The Morgan fingerprint density at radius 2 is 1.93 bits per heavy atom. The minimum absolute atomic E-state index is 0.197. The number of ether oxygens (including phenoxy) is 3. The Morgan fingerprint density at radius 1 is 1.23 bits per heavy atom. The number of rotatable bonds is 6. The highest BCUT2D eigenvalue weighted by atomic mass is 16.6. The van der Waals surface area contributed by atoms with Crippen LogP contribution in [-0.4, -0.2) is 34.3 Å². The van der Waals surface area contributed by atoms with Crippen LogP contribution in [0.5, 0.6) is 11.8 Å². The predicted molar refractivity (Wildman–Crippen MR) is 111 cm³/mol. The summed E-state index contributed by atoms with van der Waals surface area (Å²) in [5.41, 5.74) is 5.73. The summed E-state index contributed by atoms with van der Waals surface area (Å²) in [6, 6.07) is 12.6. The van der Waals surface area contributed by atoms with E-state index in [2.05, 4.69) is 43.1 Å². The van der Waals surface area contributed by atoms with Crippen molar-refractivity contribution in [1.29, 1.82) is 0 Å². The van der Waals surface area contributed by atoms with Crippen molar-refractivity contribution in [1.82, 2.24) is 9.55 Å². The zero-order valence-corrected chi connectivity index (χ0v) is 17.1. The molecule has 0 bridgehead atoms. The standard InChI is InChI=1S/C22H23N3O5/c1-14-8-18(28-3)9-15(2)21(14)17-6-4-16(5-7-17)12-29-19-10-24-11-20(25(26)27)23-22(24)30-13-19/h4-9,11,19H,10,12-13H2,1-3H3/t19-/m0/s1. The molecule has 0 N–H and O–H groups in total. The zero-order valence-electron chi connectivity index (χ0n) is 17.1. The molecule has 30 heavy (non-hydrogen) atoms. The minimum Gasteiger partial charge on any atom is -0.497 e. The summed E-state index contributed by atoms with van der Waals surface area (Å²) in [4.78, 5) is 14.2. The fraction of sp³-hybridized carbons (Fsp3) is 0.318. The highest BCUT2D eigenvalue weighted by Gasteiger charge is 2.28. The maximum atomic E-state index is 10.9. The van der Waals surface area contributed by atoms with Gasteiger partial charge in [0.15, 0.2) is 0 Å². The van der Waals surface area contributed by atoms with Crippen LogP contribution in [0.4, 0.5) is 5.82 Å². The molecule has 0 aliphatic carbocycles. The van der Waals surface area contributed by atoms with Crippen LogP contribution in [0.3, 0.4) is 0 Å². The average molecular weight is 409 g/mol. The molecule has 0 spiro atoms. The van der Waals surface area contributed by atoms with Crippen molar-refractivity contribution in [2.75, 3.05) is 13.7 Å². The summed E-state index contributed by atoms with van der Waals surface area (Å²) in [5.74, 6) is 0.644. The van der Waals surface area contributed by atoms with Gasteiger partial charge in [0.25, 0.3) is 0 Å². The summed E-state index contributed by atoms with van der Waals surface area (Å²) < 4.78 is 18.4. The normalized spacial score (nSPS) is 15.4. The molecule has 0 radical (unpaired) electrons. The van der Waals surface area contributed by atoms with E-state index < -0.39 is 4.92 Å². The largest absolute Gasteiger partial charge is 0.497 e. The molecule has 0 unspecified atom stereocenters. The Labute approximate surface area is 174 Å². The SMILES string of the molecule is COc1cc(C)c(-c2ccc(CO[C@@H]3COc4nc([N+](=O)[O-])cn4C3)cc2)c(C)c1. The number of aromatic nitrogens is 2. The van der Waals surface area contributed by atoms with E-state index >= 15 is 0 Å². The first kappa shape index (κ1) is 19.9. The molecule has 8 heteroatoms. The van der Waals surface area contributed by atoms with Crippen molar-refractivity contribution in [2.24, 2.45) is 0 Å². The van der Waals surface area contributed by atoms with Crippen LogP contribution in [0.25, 0.3) is 11.1 Å². The Balaban J connectivity index is 1.40. The van der Waals surface area contributed by atoms with Crippen LogP contribution in [0.1, 0.15) is 16.7 Å². The van der Waals surface area contributed by atoms with E-state index in [4.69, 9.17) is 14.2 Å². The van der Waals surface area contributed by atoms with Crippen molar-refractivity contribution in [3.63, 3.8) is 0 Å². The fourth-order valence-corrected chi connectivity index (χ4v) is 3.74. The predicted octanol–water partition coefficient (Wildman–Crippen LogP) is 4.06. The molecule has 0 amide bonds. The second-order valence-electron chi connectivity index (χ2n) is 7.37. The highest BCUT2D eigenvalue weighted by molar-refractivity contribution is 5.72. The number of benzene rings is 2. The summed E-state index contributed by atoms with van der Waals surface area (Å²) in [6.07, 6.45) is 1.18. The Kier molecular flexibility index (Phi) is 5.41. The van der Waals surface area contributed by atoms with E-state index in [1.807, 2.05) is 12.1 Å². The summed E-state index contributed by atoms with van der Waals surface area (Å²) in [5, 5.41) is 10.9. The Bertz CT molecular complexity index is 1050. The minimum atomic E-state index is -0.529. The van der Waals surface area contributed by atoms with Gasteiger partial charge in [-0.1, -0.05) is 24.3 Å². The topological polar surface area (TPSA) is 88.7 Å². The molecule has 0 saturated heterocycles. The van der Waals surface area contributed by atoms with Gasteiger partial charge in [-0.3, -0.25) is 4.57 Å². The summed E-state index contributed by atoms with van der Waals surface area (Å²) in [7, 11) is 1.68. The van der Waals surface area contributed by atoms with Crippen molar-refractivity contribution in [3.8, 4) is 22.9 Å². The van der Waals surface area contributed by atoms with Gasteiger partial charge >= 0.3 is 11.8 Å². The molecule has 3 aromatic rings. The van der Waals surface area contributed by atoms with Crippen molar-refractivity contribution >= 4 is 5.82 Å². The molecular weight excluding hydrogens is 386 g/mol. The Morgan fingerprint density at radius 3 is 2.57 bits per heavy atom. The molecule has 1 aromatic heterocycles. The second kappa shape index (κ2) is 8.16. The summed E-state index contributed by atoms with van der Waals surface area (Å²) >= 11 is 0. The van der Waals surface area contributed by atoms with Gasteiger partial charge in [-0.25, -0.2) is 0 Å². The average Bonchev–Trinajstić information content (AvgIpc) is 3.16. The van der Waals surface area contributed by atoms with Gasteiger partial charge in [0, 0.05) is 4.98 Å². The van der Waals surface area contributed by atoms with Crippen LogP contribution in [0.15, 0.2) is 42.6 Å². The van der Waals surface area contributed by atoms with Crippen LogP contribution in [0, 0.1) is 24.0 Å². The van der Waals surface area contributed by atoms with E-state index in [1.54, 1.807) is 11.7 Å². The van der Waals surface area contributed by atoms with Gasteiger partial charge in [0.1, 0.15) is 24.7 Å². The molecule has 0 fully saturated rings. The second-order valence-corrected chi connectivity index (χ2v) is 7.37. The number of nitro groups is 1. The molecule has 1 aliphatic rings. The van der Waals surface area contributed by atoms with Gasteiger partial charge in [-0.15, -0.1) is 0 Å². The molecular formula is C22H23N3O5. The van der Waals surface area contributed by atoms with E-state index in [0.29, 0.717) is 19.8 Å². The lowest BCUT2D eigenvalue weighted by Crippen LogP contribution is -2.32. The van der Waals surface area contributed by atoms with Crippen LogP contribution in [0.2, 0.25) is 0 Å². The molecule has 156 valence electrons. The lowest BCUT2D eigenvalue weighted by molar-refractivity contribution is -0.389. The molecule has 1 aliphatic heterocycles.